The molecule has 0 spiro atoms. The van der Waals surface area contributed by atoms with Gasteiger partial charge >= 0.3 is 11.6 Å². The molecule has 0 unspecified atom stereocenters. The number of benzene rings is 5. The maximum absolute atomic E-state index is 13.4. The number of aryl methyl sites for hydroxylation is 2. The molecular weight excluding hydrogens is 897 g/mol. The van der Waals surface area contributed by atoms with Crippen molar-refractivity contribution in [3.05, 3.63) is 181 Å². The molecule has 2 saturated heterocycles. The van der Waals surface area contributed by atoms with E-state index in [4.69, 9.17) is 0 Å². The van der Waals surface area contributed by atoms with Gasteiger partial charge in [0.15, 0.2) is 0 Å². The smallest absolute Gasteiger partial charge is 0.350 e. The fourth-order valence-corrected chi connectivity index (χ4v) is 9.09. The number of carbonyl (C=O) groups is 2. The van der Waals surface area contributed by atoms with E-state index in [9.17, 15) is 9.59 Å². The lowest BCUT2D eigenvalue weighted by Gasteiger charge is -2.18. The van der Waals surface area contributed by atoms with E-state index in [1.54, 1.807) is 48.2 Å². The molecule has 9 rings (SSSR count). The highest BCUT2D eigenvalue weighted by molar-refractivity contribution is 5.97. The van der Waals surface area contributed by atoms with Crippen molar-refractivity contribution in [1.29, 1.82) is 0 Å². The molecule has 0 bridgehead atoms. The molecule has 0 aliphatic carbocycles. The molecule has 2 amide bonds. The summed E-state index contributed by atoms with van der Waals surface area (Å²) >= 11 is 0. The first-order valence-corrected chi connectivity index (χ1v) is 25.2. The van der Waals surface area contributed by atoms with Gasteiger partial charge in [-0.25, -0.2) is 9.13 Å². The van der Waals surface area contributed by atoms with Crippen LogP contribution >= 0.6 is 0 Å². The van der Waals surface area contributed by atoms with Crippen molar-refractivity contribution in [3.8, 4) is 0 Å². The van der Waals surface area contributed by atoms with Gasteiger partial charge in [-0.2, -0.15) is 0 Å². The molecule has 0 radical (unpaired) electrons. The van der Waals surface area contributed by atoms with Crippen molar-refractivity contribution in [2.24, 2.45) is 20.5 Å². The van der Waals surface area contributed by atoms with Crippen molar-refractivity contribution in [2.75, 3.05) is 73.8 Å². The lowest BCUT2D eigenvalue weighted by atomic mass is 10.1. The molecule has 4 heterocycles. The van der Waals surface area contributed by atoms with Crippen molar-refractivity contribution >= 4 is 68.9 Å². The minimum atomic E-state index is -0.103. The molecule has 2 fully saturated rings. The third-order valence-corrected chi connectivity index (χ3v) is 13.2. The van der Waals surface area contributed by atoms with Crippen LogP contribution in [-0.4, -0.2) is 75.0 Å². The number of nitrogens with zero attached hydrogens (tertiary/aromatic N) is 10. The molecule has 7 aromatic rings. The summed E-state index contributed by atoms with van der Waals surface area (Å²) in [5.41, 5.74) is 9.17. The van der Waals surface area contributed by atoms with Crippen LogP contribution in [-0.2, 0) is 13.1 Å². The van der Waals surface area contributed by atoms with E-state index in [1.807, 2.05) is 106 Å². The molecule has 0 saturated carbocycles. The second-order valence-electron chi connectivity index (χ2n) is 18.5. The number of amides is 2. The fraction of sp³-hybridized carbons (Fsp3) is 0.276. The van der Waals surface area contributed by atoms with E-state index in [-0.39, 0.29) is 11.8 Å². The highest BCUT2D eigenvalue weighted by Gasteiger charge is 2.18. The molecule has 5 aromatic carbocycles. The Bertz CT molecular complexity index is 2730. The summed E-state index contributed by atoms with van der Waals surface area (Å²) in [5, 5.41) is 25.1. The Hall–Kier alpha value is -8.26. The predicted octanol–water partition coefficient (Wildman–Crippen LogP) is 12.1. The average Bonchev–Trinajstić information content (AvgIpc) is 4.18. The van der Waals surface area contributed by atoms with Gasteiger partial charge in [0.1, 0.15) is 11.4 Å². The van der Waals surface area contributed by atoms with Crippen molar-refractivity contribution in [3.63, 3.8) is 0 Å². The Balaban J connectivity index is 0.696. The molecule has 14 heteroatoms. The second-order valence-corrected chi connectivity index (χ2v) is 18.5. The van der Waals surface area contributed by atoms with Gasteiger partial charge in [0.25, 0.3) is 11.8 Å². The number of rotatable bonds is 20. The highest BCUT2D eigenvalue weighted by atomic mass is 16.2. The second kappa shape index (κ2) is 24.0. The third-order valence-electron chi connectivity index (χ3n) is 13.2. The van der Waals surface area contributed by atoms with Crippen molar-refractivity contribution < 1.29 is 18.7 Å². The molecule has 2 aliphatic heterocycles. The van der Waals surface area contributed by atoms with E-state index in [0.29, 0.717) is 50.1 Å². The van der Waals surface area contributed by atoms with Crippen LogP contribution in [0.5, 0.6) is 0 Å². The summed E-state index contributed by atoms with van der Waals surface area (Å²) in [4.78, 5) is 35.1. The average molecular weight is 961 g/mol. The minimum absolute atomic E-state index is 0.103. The third kappa shape index (κ3) is 13.1. The van der Waals surface area contributed by atoms with Crippen LogP contribution < -0.4 is 29.6 Å². The summed E-state index contributed by atoms with van der Waals surface area (Å²) in [5.74, 6) is 1.24. The fourth-order valence-electron chi connectivity index (χ4n) is 9.09. The minimum Gasteiger partial charge on any atom is -0.372 e. The lowest BCUT2D eigenvalue weighted by molar-refractivity contribution is -0.684. The Morgan fingerprint density at radius 3 is 1.17 bits per heavy atom. The molecular formula is C58H64N12O2+2. The first-order valence-electron chi connectivity index (χ1n) is 25.2. The SMILES string of the molecule is CN(CCC[n+]1ccccc1N=Nc1ccc(Nc2ccc(N3CCCC3)cc2)cc1)C(=O)c1ccc(C(=O)N(C)CCC[n+]2ccccc2/N=N/c2ccc(Nc3ccc(N4CCCC4)cc3)cc2)cc1. The molecule has 72 heavy (non-hydrogen) atoms. The van der Waals surface area contributed by atoms with Crippen molar-refractivity contribution in [1.82, 2.24) is 9.80 Å². The van der Waals surface area contributed by atoms with Gasteiger partial charge in [-0.3, -0.25) is 9.59 Å². The Morgan fingerprint density at radius 1 is 0.458 bits per heavy atom. The van der Waals surface area contributed by atoms with E-state index in [1.165, 1.54) is 37.1 Å². The van der Waals surface area contributed by atoms with Crippen LogP contribution in [0.3, 0.4) is 0 Å². The number of azo groups is 2. The Labute approximate surface area is 423 Å². The van der Waals surface area contributed by atoms with Gasteiger partial charge in [-0.15, -0.1) is 0 Å². The number of hydrogen-bond donors (Lipinski definition) is 2. The highest BCUT2D eigenvalue weighted by Crippen LogP contribution is 2.28. The molecule has 2 aromatic heterocycles. The maximum atomic E-state index is 13.4. The molecule has 14 nitrogen and oxygen atoms in total. The van der Waals surface area contributed by atoms with E-state index >= 15 is 0 Å². The van der Waals surface area contributed by atoms with Crippen LogP contribution in [0.2, 0.25) is 0 Å². The van der Waals surface area contributed by atoms with Gasteiger partial charge in [-0.05, 0) is 169 Å². The van der Waals surface area contributed by atoms with Crippen LogP contribution in [0.4, 0.5) is 57.1 Å². The summed E-state index contributed by atoms with van der Waals surface area (Å²) < 4.78 is 4.08. The summed E-state index contributed by atoms with van der Waals surface area (Å²) in [6.45, 7) is 6.92. The Kier molecular flexibility index (Phi) is 16.3. The zero-order chi connectivity index (χ0) is 49.5. The van der Waals surface area contributed by atoms with Gasteiger partial charge in [0.2, 0.25) is 0 Å². The molecule has 2 N–H and O–H groups in total. The normalized spacial score (nSPS) is 13.5. The summed E-state index contributed by atoms with van der Waals surface area (Å²) in [6.07, 6.45) is 10.4. The van der Waals surface area contributed by atoms with E-state index in [2.05, 4.69) is 89.4 Å². The zero-order valence-corrected chi connectivity index (χ0v) is 41.4. The molecule has 366 valence electrons. The molecule has 2 aliphatic rings. The number of hydrogen-bond acceptors (Lipinski definition) is 10. The quantitative estimate of drug-likeness (QED) is 0.0578. The largest absolute Gasteiger partial charge is 0.372 e. The maximum Gasteiger partial charge on any atom is 0.350 e. The molecule has 0 atom stereocenters. The number of anilines is 6. The van der Waals surface area contributed by atoms with E-state index in [0.717, 1.165) is 71.9 Å². The standard InChI is InChI=1S/C58H62N12O2/c1-65(35-11-43-69-41-5-3-13-55(69)63-61-51-23-19-47(20-24-51)59-49-27-31-53(32-28-49)67-37-7-8-38-67)57(71)45-15-17-46(18-16-45)58(72)66(2)36-12-44-70-42-6-4-14-56(70)64-62-52-25-21-48(22-26-52)60-50-29-33-54(34-30-50)68-39-9-10-40-68/h3-6,13-34,41-42H,7-12,35-40,43-44H2,1-2H3/p+2. The van der Waals surface area contributed by atoms with Gasteiger partial charge < -0.3 is 30.2 Å². The first kappa shape index (κ1) is 48.8. The van der Waals surface area contributed by atoms with Crippen LogP contribution in [0.15, 0.2) is 191 Å². The number of carbonyl (C=O) groups excluding carboxylic acids is 2. The topological polar surface area (TPSA) is 128 Å². The number of pyridine rings is 2. The lowest BCUT2D eigenvalue weighted by Crippen LogP contribution is -2.36. The van der Waals surface area contributed by atoms with Gasteiger partial charge in [0, 0.05) is 124 Å². The number of nitrogens with one attached hydrogen (secondary N) is 2. The van der Waals surface area contributed by atoms with Crippen LogP contribution in [0, 0.1) is 0 Å². The number of aromatic nitrogens is 2. The summed E-state index contributed by atoms with van der Waals surface area (Å²) in [7, 11) is 3.60. The van der Waals surface area contributed by atoms with Crippen molar-refractivity contribution in [2.45, 2.75) is 51.6 Å². The predicted molar refractivity (Wildman–Crippen MR) is 286 cm³/mol. The van der Waals surface area contributed by atoms with Gasteiger partial charge in [-0.1, -0.05) is 12.1 Å². The van der Waals surface area contributed by atoms with Gasteiger partial charge in [0.05, 0.1) is 35.7 Å². The van der Waals surface area contributed by atoms with Crippen LogP contribution in [0.1, 0.15) is 59.2 Å². The van der Waals surface area contributed by atoms with E-state index < -0.39 is 0 Å². The first-order chi connectivity index (χ1) is 35.3. The Morgan fingerprint density at radius 2 is 0.806 bits per heavy atom. The van der Waals surface area contributed by atoms with Crippen LogP contribution in [0.25, 0.3) is 0 Å². The zero-order valence-electron chi connectivity index (χ0n) is 41.4. The monoisotopic (exact) mass is 961 g/mol. The summed E-state index contributed by atoms with van der Waals surface area (Å²) in [6, 6.07) is 51.6.